The summed E-state index contributed by atoms with van der Waals surface area (Å²) in [4.78, 5) is 0. The van der Waals surface area contributed by atoms with Gasteiger partial charge in [0.05, 0.1) is 5.60 Å². The van der Waals surface area contributed by atoms with Gasteiger partial charge < -0.3 is 5.11 Å². The molecule has 1 nitrogen and oxygen atoms in total. The third-order valence-electron chi connectivity index (χ3n) is 2.28. The predicted octanol–water partition coefficient (Wildman–Crippen LogP) is 3.12. The summed E-state index contributed by atoms with van der Waals surface area (Å²) < 4.78 is 0. The Morgan fingerprint density at radius 1 is 1.27 bits per heavy atom. The van der Waals surface area contributed by atoms with Crippen LogP contribution in [0.5, 0.6) is 0 Å². The third kappa shape index (κ3) is 3.76. The lowest BCUT2D eigenvalue weighted by Crippen LogP contribution is -2.36. The van der Waals surface area contributed by atoms with Gasteiger partial charge in [0.25, 0.3) is 0 Å². The van der Waals surface area contributed by atoms with Crippen molar-refractivity contribution in [2.24, 2.45) is 0 Å². The number of hydrogen-bond donors (Lipinski definition) is 1. The Hall–Kier alpha value is -0.0400. The van der Waals surface area contributed by atoms with Gasteiger partial charge in [-0.15, -0.1) is 0 Å². The number of aliphatic hydroxyl groups is 1. The van der Waals surface area contributed by atoms with Crippen LogP contribution in [0.15, 0.2) is 0 Å². The molecule has 1 N–H and O–H groups in total. The average molecular weight is 158 g/mol. The number of unbranched alkanes of at least 4 members (excludes halogenated alkanes) is 1. The van der Waals surface area contributed by atoms with Crippen LogP contribution in [0.1, 0.15) is 59.3 Å². The maximum absolute atomic E-state index is 9.54. The zero-order chi connectivity index (χ0) is 8.74. The highest BCUT2D eigenvalue weighted by Gasteiger charge is 2.32. The minimum absolute atomic E-state index is 0.226. The molecule has 1 rings (SSSR count). The standard InChI is InChI=1S/C8H16O.C2H6/c1-2-3-5-8(9)6-4-7-8;1-2/h9H,2-7H2,1H3;1-2H3. The van der Waals surface area contributed by atoms with Crippen LogP contribution in [0.4, 0.5) is 0 Å². The molecule has 0 atom stereocenters. The van der Waals surface area contributed by atoms with Crippen LogP contribution >= 0.6 is 0 Å². The molecule has 0 radical (unpaired) electrons. The van der Waals surface area contributed by atoms with Crippen LogP contribution in [0.2, 0.25) is 0 Å². The van der Waals surface area contributed by atoms with Crippen molar-refractivity contribution in [3.8, 4) is 0 Å². The highest BCUT2D eigenvalue weighted by molar-refractivity contribution is 4.86. The molecule has 0 heterocycles. The summed E-state index contributed by atoms with van der Waals surface area (Å²) in [5.74, 6) is 0. The minimum Gasteiger partial charge on any atom is -0.390 e. The summed E-state index contributed by atoms with van der Waals surface area (Å²) >= 11 is 0. The van der Waals surface area contributed by atoms with E-state index >= 15 is 0 Å². The van der Waals surface area contributed by atoms with E-state index in [0.717, 1.165) is 19.3 Å². The Morgan fingerprint density at radius 3 is 2.09 bits per heavy atom. The Kier molecular flexibility index (Phi) is 5.57. The third-order valence-corrected chi connectivity index (χ3v) is 2.28. The molecule has 0 bridgehead atoms. The van der Waals surface area contributed by atoms with Crippen LogP contribution in [0.25, 0.3) is 0 Å². The molecular weight excluding hydrogens is 136 g/mol. The van der Waals surface area contributed by atoms with Gasteiger partial charge in [-0.1, -0.05) is 33.6 Å². The normalized spacial score (nSPS) is 19.6. The van der Waals surface area contributed by atoms with Gasteiger partial charge in [-0.2, -0.15) is 0 Å². The first kappa shape index (κ1) is 11.0. The van der Waals surface area contributed by atoms with Crippen molar-refractivity contribution in [1.29, 1.82) is 0 Å². The fourth-order valence-electron chi connectivity index (χ4n) is 1.34. The summed E-state index contributed by atoms with van der Waals surface area (Å²) in [5, 5.41) is 9.54. The molecule has 1 aliphatic carbocycles. The molecule has 1 heteroatoms. The molecule has 0 spiro atoms. The van der Waals surface area contributed by atoms with Gasteiger partial charge in [0.15, 0.2) is 0 Å². The Morgan fingerprint density at radius 2 is 1.82 bits per heavy atom. The molecule has 0 amide bonds. The van der Waals surface area contributed by atoms with Gasteiger partial charge in [0.2, 0.25) is 0 Å². The fraction of sp³-hybridized carbons (Fsp3) is 1.00. The maximum atomic E-state index is 9.54. The van der Waals surface area contributed by atoms with Crippen molar-refractivity contribution in [1.82, 2.24) is 0 Å². The first-order chi connectivity index (χ1) is 5.27. The molecule has 68 valence electrons. The van der Waals surface area contributed by atoms with Gasteiger partial charge in [-0.25, -0.2) is 0 Å². The van der Waals surface area contributed by atoms with E-state index < -0.39 is 0 Å². The second-order valence-corrected chi connectivity index (χ2v) is 3.18. The average Bonchev–Trinajstić information content (AvgIpc) is 2.01. The van der Waals surface area contributed by atoms with Crippen LogP contribution in [0.3, 0.4) is 0 Å². The molecule has 1 saturated carbocycles. The van der Waals surface area contributed by atoms with Crippen molar-refractivity contribution in [3.05, 3.63) is 0 Å². The monoisotopic (exact) mass is 158 g/mol. The topological polar surface area (TPSA) is 20.2 Å². The molecule has 1 fully saturated rings. The zero-order valence-corrected chi connectivity index (χ0v) is 8.19. The van der Waals surface area contributed by atoms with Crippen molar-refractivity contribution >= 4 is 0 Å². The number of rotatable bonds is 3. The lowest BCUT2D eigenvalue weighted by atomic mass is 9.77. The lowest BCUT2D eigenvalue weighted by Gasteiger charge is -2.36. The molecule has 0 aromatic carbocycles. The van der Waals surface area contributed by atoms with E-state index in [4.69, 9.17) is 0 Å². The van der Waals surface area contributed by atoms with Crippen LogP contribution < -0.4 is 0 Å². The lowest BCUT2D eigenvalue weighted by molar-refractivity contribution is -0.0416. The van der Waals surface area contributed by atoms with Crippen molar-refractivity contribution < 1.29 is 5.11 Å². The van der Waals surface area contributed by atoms with Gasteiger partial charge >= 0.3 is 0 Å². The molecule has 0 saturated heterocycles. The largest absolute Gasteiger partial charge is 0.390 e. The molecule has 11 heavy (non-hydrogen) atoms. The van der Waals surface area contributed by atoms with Crippen LogP contribution in [0, 0.1) is 0 Å². The summed E-state index contributed by atoms with van der Waals surface area (Å²) in [5.41, 5.74) is -0.226. The predicted molar refractivity (Wildman–Crippen MR) is 49.7 cm³/mol. The first-order valence-electron chi connectivity index (χ1n) is 4.99. The van der Waals surface area contributed by atoms with Crippen molar-refractivity contribution in [2.45, 2.75) is 64.9 Å². The Bertz CT molecular complexity index is 84.9. The molecule has 1 aliphatic rings. The molecule has 0 unspecified atom stereocenters. The second-order valence-electron chi connectivity index (χ2n) is 3.18. The van der Waals surface area contributed by atoms with E-state index in [0.29, 0.717) is 0 Å². The van der Waals surface area contributed by atoms with E-state index in [9.17, 15) is 5.11 Å². The molecule has 0 aliphatic heterocycles. The van der Waals surface area contributed by atoms with E-state index in [1.54, 1.807) is 0 Å². The van der Waals surface area contributed by atoms with Crippen LogP contribution in [-0.2, 0) is 0 Å². The summed E-state index contributed by atoms with van der Waals surface area (Å²) in [6, 6.07) is 0. The van der Waals surface area contributed by atoms with Crippen LogP contribution in [-0.4, -0.2) is 10.7 Å². The van der Waals surface area contributed by atoms with E-state index in [1.807, 2.05) is 13.8 Å². The zero-order valence-electron chi connectivity index (χ0n) is 8.19. The Labute approximate surface area is 70.8 Å². The molecular formula is C10H22O. The van der Waals surface area contributed by atoms with Gasteiger partial charge in [0.1, 0.15) is 0 Å². The molecule has 0 aromatic heterocycles. The second kappa shape index (κ2) is 5.59. The summed E-state index contributed by atoms with van der Waals surface area (Å²) in [6.45, 7) is 6.17. The fourth-order valence-corrected chi connectivity index (χ4v) is 1.34. The SMILES string of the molecule is CC.CCCCC1(O)CCC1. The first-order valence-corrected chi connectivity index (χ1v) is 4.99. The highest BCUT2D eigenvalue weighted by Crippen LogP contribution is 2.35. The number of hydrogen-bond acceptors (Lipinski definition) is 1. The summed E-state index contributed by atoms with van der Waals surface area (Å²) in [6.07, 6.45) is 6.77. The molecule has 0 aromatic rings. The van der Waals surface area contributed by atoms with Gasteiger partial charge in [-0.3, -0.25) is 0 Å². The smallest absolute Gasteiger partial charge is 0.0647 e. The minimum atomic E-state index is -0.226. The van der Waals surface area contributed by atoms with Gasteiger partial charge in [-0.05, 0) is 25.7 Å². The van der Waals surface area contributed by atoms with Crippen molar-refractivity contribution in [3.63, 3.8) is 0 Å². The maximum Gasteiger partial charge on any atom is 0.0647 e. The van der Waals surface area contributed by atoms with E-state index in [-0.39, 0.29) is 5.60 Å². The quantitative estimate of drug-likeness (QED) is 0.669. The van der Waals surface area contributed by atoms with E-state index in [1.165, 1.54) is 19.3 Å². The Balaban J connectivity index is 0.000000461. The highest BCUT2D eigenvalue weighted by atomic mass is 16.3. The summed E-state index contributed by atoms with van der Waals surface area (Å²) in [7, 11) is 0. The van der Waals surface area contributed by atoms with E-state index in [2.05, 4.69) is 6.92 Å². The van der Waals surface area contributed by atoms with Gasteiger partial charge in [0, 0.05) is 0 Å². The van der Waals surface area contributed by atoms with Crippen molar-refractivity contribution in [2.75, 3.05) is 0 Å².